The first-order valence-corrected chi connectivity index (χ1v) is 9.00. The van der Waals surface area contributed by atoms with E-state index in [1.165, 1.54) is 0 Å². The smallest absolute Gasteiger partial charge is 0.252 e. The molecule has 1 aliphatic rings. The van der Waals surface area contributed by atoms with Crippen molar-refractivity contribution in [3.8, 4) is 5.75 Å². The summed E-state index contributed by atoms with van der Waals surface area (Å²) in [5.41, 5.74) is 7.84. The lowest BCUT2D eigenvalue weighted by Crippen LogP contribution is -2.39. The summed E-state index contributed by atoms with van der Waals surface area (Å²) in [6.07, 6.45) is 1.16. The molecule has 2 atom stereocenters. The molecular formula is C21H26N2O3. The van der Waals surface area contributed by atoms with Crippen LogP contribution >= 0.6 is 0 Å². The van der Waals surface area contributed by atoms with Gasteiger partial charge in [0.2, 0.25) is 0 Å². The van der Waals surface area contributed by atoms with Crippen molar-refractivity contribution in [3.05, 3.63) is 65.7 Å². The van der Waals surface area contributed by atoms with Crippen molar-refractivity contribution >= 4 is 5.91 Å². The number of carbonyl (C=O) groups is 1. The fraction of sp³-hybridized carbons (Fsp3) is 0.381. The summed E-state index contributed by atoms with van der Waals surface area (Å²) in [5, 5.41) is 0. The topological polar surface area (TPSA) is 64.8 Å². The highest BCUT2D eigenvalue weighted by molar-refractivity contribution is 5.81. The SMILES string of the molecule is COc1ccc(CN(Cc2ccccc2)C(=O)[C@@H]2CC[C@H](CN)O2)cc1. The second-order valence-corrected chi connectivity index (χ2v) is 6.59. The molecule has 2 N–H and O–H groups in total. The molecule has 1 aliphatic heterocycles. The molecular weight excluding hydrogens is 328 g/mol. The van der Waals surface area contributed by atoms with Crippen LogP contribution in [0.15, 0.2) is 54.6 Å². The van der Waals surface area contributed by atoms with Crippen LogP contribution in [0.5, 0.6) is 5.75 Å². The van der Waals surface area contributed by atoms with Gasteiger partial charge in [0.1, 0.15) is 11.9 Å². The number of hydrogen-bond donors (Lipinski definition) is 1. The van der Waals surface area contributed by atoms with E-state index in [4.69, 9.17) is 15.2 Å². The molecule has 1 amide bonds. The van der Waals surface area contributed by atoms with Crippen LogP contribution in [0, 0.1) is 0 Å². The van der Waals surface area contributed by atoms with E-state index in [0.717, 1.165) is 29.7 Å². The highest BCUT2D eigenvalue weighted by Gasteiger charge is 2.33. The van der Waals surface area contributed by atoms with Crippen LogP contribution in [0.25, 0.3) is 0 Å². The van der Waals surface area contributed by atoms with Crippen LogP contribution in [0.1, 0.15) is 24.0 Å². The van der Waals surface area contributed by atoms with Gasteiger partial charge in [-0.15, -0.1) is 0 Å². The summed E-state index contributed by atoms with van der Waals surface area (Å²) >= 11 is 0. The Hall–Kier alpha value is -2.37. The van der Waals surface area contributed by atoms with Crippen molar-refractivity contribution in [1.29, 1.82) is 0 Å². The first-order valence-electron chi connectivity index (χ1n) is 9.00. The summed E-state index contributed by atoms with van der Waals surface area (Å²) in [5.74, 6) is 0.834. The van der Waals surface area contributed by atoms with Gasteiger partial charge in [0.25, 0.3) is 5.91 Å². The van der Waals surface area contributed by atoms with E-state index in [9.17, 15) is 4.79 Å². The minimum absolute atomic E-state index is 0.0106. The first kappa shape index (κ1) is 18.4. The van der Waals surface area contributed by atoms with E-state index in [-0.39, 0.29) is 12.0 Å². The van der Waals surface area contributed by atoms with Gasteiger partial charge in [-0.3, -0.25) is 4.79 Å². The van der Waals surface area contributed by atoms with Crippen LogP contribution in [0.4, 0.5) is 0 Å². The van der Waals surface area contributed by atoms with Gasteiger partial charge in [0, 0.05) is 19.6 Å². The van der Waals surface area contributed by atoms with Crippen LogP contribution in [0.2, 0.25) is 0 Å². The second-order valence-electron chi connectivity index (χ2n) is 6.59. The summed E-state index contributed by atoms with van der Waals surface area (Å²) in [7, 11) is 1.64. The van der Waals surface area contributed by atoms with Crippen molar-refractivity contribution in [1.82, 2.24) is 4.90 Å². The number of hydrogen-bond acceptors (Lipinski definition) is 4. The third kappa shape index (κ3) is 4.62. The van der Waals surface area contributed by atoms with Crippen molar-refractivity contribution in [2.75, 3.05) is 13.7 Å². The van der Waals surface area contributed by atoms with E-state index >= 15 is 0 Å². The number of nitrogens with two attached hydrogens (primary N) is 1. The lowest BCUT2D eigenvalue weighted by Gasteiger charge is -2.26. The molecule has 0 radical (unpaired) electrons. The molecule has 138 valence electrons. The van der Waals surface area contributed by atoms with Gasteiger partial charge in [-0.2, -0.15) is 0 Å². The molecule has 3 rings (SSSR count). The maximum Gasteiger partial charge on any atom is 0.252 e. The maximum atomic E-state index is 13.1. The minimum Gasteiger partial charge on any atom is -0.497 e. The fourth-order valence-electron chi connectivity index (χ4n) is 3.23. The van der Waals surface area contributed by atoms with Crippen molar-refractivity contribution in [3.63, 3.8) is 0 Å². The largest absolute Gasteiger partial charge is 0.497 e. The molecule has 0 aliphatic carbocycles. The minimum atomic E-state index is -0.398. The normalized spacial score (nSPS) is 19.3. The summed E-state index contributed by atoms with van der Waals surface area (Å²) < 4.78 is 11.0. The Balaban J connectivity index is 1.75. The zero-order chi connectivity index (χ0) is 18.4. The Labute approximate surface area is 154 Å². The lowest BCUT2D eigenvalue weighted by molar-refractivity contribution is -0.144. The predicted molar refractivity (Wildman–Crippen MR) is 101 cm³/mol. The summed E-state index contributed by atoms with van der Waals surface area (Å²) in [6.45, 7) is 1.55. The Morgan fingerprint density at radius 2 is 1.73 bits per heavy atom. The number of ether oxygens (including phenoxy) is 2. The highest BCUT2D eigenvalue weighted by atomic mass is 16.5. The third-order valence-corrected chi connectivity index (χ3v) is 4.71. The highest BCUT2D eigenvalue weighted by Crippen LogP contribution is 2.23. The molecule has 0 aromatic heterocycles. The van der Waals surface area contributed by atoms with Gasteiger partial charge < -0.3 is 20.1 Å². The van der Waals surface area contributed by atoms with Gasteiger partial charge in [-0.25, -0.2) is 0 Å². The molecule has 0 unspecified atom stereocenters. The number of amides is 1. The molecule has 0 spiro atoms. The molecule has 0 saturated carbocycles. The molecule has 5 heteroatoms. The average molecular weight is 354 g/mol. The number of carbonyl (C=O) groups excluding carboxylic acids is 1. The van der Waals surface area contributed by atoms with Crippen LogP contribution in [-0.4, -0.2) is 36.7 Å². The molecule has 0 bridgehead atoms. The molecule has 2 aromatic carbocycles. The first-order chi connectivity index (χ1) is 12.7. The summed E-state index contributed by atoms with van der Waals surface area (Å²) in [4.78, 5) is 14.9. The molecule has 5 nitrogen and oxygen atoms in total. The van der Waals surface area contributed by atoms with Crippen LogP contribution in [-0.2, 0) is 22.6 Å². The molecule has 1 saturated heterocycles. The zero-order valence-electron chi connectivity index (χ0n) is 15.1. The molecule has 1 fully saturated rings. The monoisotopic (exact) mass is 354 g/mol. The molecule has 26 heavy (non-hydrogen) atoms. The van der Waals surface area contributed by atoms with Gasteiger partial charge in [0.05, 0.1) is 13.2 Å². The lowest BCUT2D eigenvalue weighted by atomic mass is 10.1. The van der Waals surface area contributed by atoms with E-state index in [1.54, 1.807) is 7.11 Å². The summed E-state index contributed by atoms with van der Waals surface area (Å²) in [6, 6.07) is 17.8. The number of nitrogens with zero attached hydrogens (tertiary/aromatic N) is 1. The Bertz CT molecular complexity index is 703. The Morgan fingerprint density at radius 3 is 2.31 bits per heavy atom. The quantitative estimate of drug-likeness (QED) is 0.830. The van der Waals surface area contributed by atoms with E-state index in [2.05, 4.69) is 0 Å². The Morgan fingerprint density at radius 1 is 1.08 bits per heavy atom. The fourth-order valence-corrected chi connectivity index (χ4v) is 3.23. The van der Waals surface area contributed by atoms with E-state index in [1.807, 2.05) is 59.5 Å². The number of rotatable bonds is 7. The maximum absolute atomic E-state index is 13.1. The van der Waals surface area contributed by atoms with Crippen molar-refractivity contribution < 1.29 is 14.3 Å². The molecule has 1 heterocycles. The van der Waals surface area contributed by atoms with E-state index < -0.39 is 6.10 Å². The van der Waals surface area contributed by atoms with Crippen molar-refractivity contribution in [2.45, 2.75) is 38.1 Å². The second kappa shape index (κ2) is 8.83. The number of benzene rings is 2. The van der Waals surface area contributed by atoms with E-state index in [0.29, 0.717) is 19.6 Å². The van der Waals surface area contributed by atoms with Gasteiger partial charge in [-0.1, -0.05) is 42.5 Å². The van der Waals surface area contributed by atoms with Gasteiger partial charge in [0.15, 0.2) is 0 Å². The van der Waals surface area contributed by atoms with Crippen LogP contribution in [0.3, 0.4) is 0 Å². The predicted octanol–water partition coefficient (Wildman–Crippen LogP) is 2.73. The number of methoxy groups -OCH3 is 1. The standard InChI is InChI=1S/C21H26N2O3/c1-25-18-9-7-17(8-10-18)15-23(14-16-5-3-2-4-6-16)21(24)20-12-11-19(13-22)26-20/h2-10,19-20H,11-15,22H2,1H3/t19-,20+/m1/s1. The Kier molecular flexibility index (Phi) is 6.26. The molecule has 2 aromatic rings. The van der Waals surface area contributed by atoms with Crippen LogP contribution < -0.4 is 10.5 Å². The zero-order valence-corrected chi connectivity index (χ0v) is 15.1. The third-order valence-electron chi connectivity index (χ3n) is 4.71. The van der Waals surface area contributed by atoms with Gasteiger partial charge >= 0.3 is 0 Å². The van der Waals surface area contributed by atoms with Gasteiger partial charge in [-0.05, 0) is 36.1 Å². The van der Waals surface area contributed by atoms with Crippen molar-refractivity contribution in [2.24, 2.45) is 5.73 Å². The average Bonchev–Trinajstić information content (AvgIpc) is 3.17.